The maximum absolute atomic E-state index is 12.4. The summed E-state index contributed by atoms with van der Waals surface area (Å²) >= 11 is 0. The minimum atomic E-state index is -1.03. The first-order valence-electron chi connectivity index (χ1n) is 5.96. The van der Waals surface area contributed by atoms with Gasteiger partial charge in [-0.2, -0.15) is 5.10 Å². The van der Waals surface area contributed by atoms with Gasteiger partial charge in [-0.1, -0.05) is 12.1 Å². The molecule has 1 unspecified atom stereocenters. The van der Waals surface area contributed by atoms with Crippen molar-refractivity contribution in [2.45, 2.75) is 33.7 Å². The number of rotatable bonds is 5. The van der Waals surface area contributed by atoms with Crippen molar-refractivity contribution in [3.8, 4) is 0 Å². The van der Waals surface area contributed by atoms with Crippen LogP contribution in [-0.4, -0.2) is 44.1 Å². The lowest BCUT2D eigenvalue weighted by Gasteiger charge is -2.30. The minimum absolute atomic E-state index is 0.0991. The van der Waals surface area contributed by atoms with E-state index in [1.807, 2.05) is 0 Å². The highest BCUT2D eigenvalue weighted by Crippen LogP contribution is 2.24. The van der Waals surface area contributed by atoms with Gasteiger partial charge in [0, 0.05) is 7.05 Å². The molecular weight excluding hydrogens is 248 g/mol. The van der Waals surface area contributed by atoms with Crippen molar-refractivity contribution >= 4 is 11.7 Å². The third-order valence-electron chi connectivity index (χ3n) is 3.22. The van der Waals surface area contributed by atoms with Gasteiger partial charge < -0.3 is 15.8 Å². The lowest BCUT2D eigenvalue weighted by Crippen LogP contribution is -2.48. The Morgan fingerprint density at radius 3 is 2.68 bits per heavy atom. The Labute approximate surface area is 111 Å². The second-order valence-electron chi connectivity index (χ2n) is 4.67. The molecule has 0 saturated heterocycles. The van der Waals surface area contributed by atoms with Crippen LogP contribution in [0.1, 0.15) is 31.9 Å². The Balaban J connectivity index is 2.86. The van der Waals surface area contributed by atoms with E-state index in [0.29, 0.717) is 18.1 Å². The average Bonchev–Trinajstić information content (AvgIpc) is 2.81. The van der Waals surface area contributed by atoms with Crippen molar-refractivity contribution in [3.63, 3.8) is 0 Å². The zero-order valence-electron chi connectivity index (χ0n) is 11.6. The number of nitrogens with two attached hydrogens (primary N) is 1. The summed E-state index contributed by atoms with van der Waals surface area (Å²) in [6.45, 7) is 5.49. The molecule has 1 aromatic rings. The number of nitrogens with zero attached hydrogens (tertiary/aromatic N) is 4. The monoisotopic (exact) mass is 268 g/mol. The number of aryl methyl sites for hydroxylation is 1. The molecule has 8 heteroatoms. The van der Waals surface area contributed by atoms with Gasteiger partial charge in [0.2, 0.25) is 5.91 Å². The third-order valence-corrected chi connectivity index (χ3v) is 3.22. The summed E-state index contributed by atoms with van der Waals surface area (Å²) < 4.78 is 0. The van der Waals surface area contributed by atoms with E-state index in [9.17, 15) is 4.79 Å². The maximum atomic E-state index is 12.4. The maximum Gasteiger partial charge on any atom is 0.236 e. The second kappa shape index (κ2) is 5.68. The fourth-order valence-electron chi connectivity index (χ4n) is 1.72. The molecule has 1 heterocycles. The largest absolute Gasteiger partial charge is 0.409 e. The zero-order valence-corrected chi connectivity index (χ0v) is 11.6. The van der Waals surface area contributed by atoms with Crippen molar-refractivity contribution in [1.29, 1.82) is 0 Å². The van der Waals surface area contributed by atoms with Gasteiger partial charge in [0.25, 0.3) is 0 Å². The Bertz CT molecular complexity index is 483. The van der Waals surface area contributed by atoms with Gasteiger partial charge in [-0.05, 0) is 20.3 Å². The van der Waals surface area contributed by atoms with Crippen LogP contribution in [0, 0.1) is 12.3 Å². The molecule has 0 bridgehead atoms. The average molecular weight is 268 g/mol. The molecule has 106 valence electrons. The molecular formula is C11H20N6O2. The van der Waals surface area contributed by atoms with Gasteiger partial charge in [0.1, 0.15) is 11.2 Å². The summed E-state index contributed by atoms with van der Waals surface area (Å²) in [5, 5.41) is 18.4. The molecule has 0 saturated carbocycles. The Kier molecular flexibility index (Phi) is 4.47. The standard InChI is InChI=1S/C11H20N6O2/c1-5-11(3,9(12)16-19)10(18)17(4)6-8-13-7(2)14-15-8/h19H,5-6H2,1-4H3,(H2,12,16)(H,13,14,15). The minimum Gasteiger partial charge on any atom is -0.409 e. The quantitative estimate of drug-likeness (QED) is 0.305. The predicted octanol–water partition coefficient (Wildman–Crippen LogP) is 0.234. The molecule has 0 aromatic carbocycles. The lowest BCUT2D eigenvalue weighted by atomic mass is 9.84. The van der Waals surface area contributed by atoms with Crippen LogP contribution in [0.2, 0.25) is 0 Å². The van der Waals surface area contributed by atoms with Crippen molar-refractivity contribution in [2.75, 3.05) is 7.05 Å². The summed E-state index contributed by atoms with van der Waals surface area (Å²) in [5.41, 5.74) is 4.58. The number of H-pyrrole nitrogens is 1. The van der Waals surface area contributed by atoms with Crippen LogP contribution in [0.3, 0.4) is 0 Å². The topological polar surface area (TPSA) is 120 Å². The summed E-state index contributed by atoms with van der Waals surface area (Å²) in [4.78, 5) is 18.0. The van der Waals surface area contributed by atoms with Gasteiger partial charge in [0.05, 0.1) is 6.54 Å². The number of aromatic amines is 1. The summed E-state index contributed by atoms with van der Waals surface area (Å²) in [7, 11) is 1.63. The van der Waals surface area contributed by atoms with E-state index >= 15 is 0 Å². The molecule has 1 amide bonds. The van der Waals surface area contributed by atoms with E-state index in [2.05, 4.69) is 20.3 Å². The highest BCUT2D eigenvalue weighted by atomic mass is 16.4. The SMILES string of the molecule is CCC(C)(C(=O)N(C)Cc1n[nH]c(C)n1)C(N)=NO. The second-order valence-corrected chi connectivity index (χ2v) is 4.67. The molecule has 1 rings (SSSR count). The number of nitrogens with one attached hydrogen (secondary N) is 1. The molecule has 19 heavy (non-hydrogen) atoms. The van der Waals surface area contributed by atoms with E-state index in [1.54, 1.807) is 27.8 Å². The van der Waals surface area contributed by atoms with Crippen LogP contribution in [0.5, 0.6) is 0 Å². The Morgan fingerprint density at radius 1 is 1.63 bits per heavy atom. The number of amidine groups is 1. The molecule has 0 spiro atoms. The van der Waals surface area contributed by atoms with Gasteiger partial charge in [-0.15, -0.1) is 0 Å². The third kappa shape index (κ3) is 3.01. The molecule has 4 N–H and O–H groups in total. The van der Waals surface area contributed by atoms with Gasteiger partial charge in [-0.3, -0.25) is 9.89 Å². The summed E-state index contributed by atoms with van der Waals surface area (Å²) in [5.74, 6) is 0.864. The Morgan fingerprint density at radius 2 is 2.26 bits per heavy atom. The summed E-state index contributed by atoms with van der Waals surface area (Å²) in [6, 6.07) is 0. The molecule has 8 nitrogen and oxygen atoms in total. The van der Waals surface area contributed by atoms with Crippen LogP contribution >= 0.6 is 0 Å². The van der Waals surface area contributed by atoms with Crippen LogP contribution in [0.25, 0.3) is 0 Å². The van der Waals surface area contributed by atoms with E-state index in [0.717, 1.165) is 0 Å². The van der Waals surface area contributed by atoms with Crippen LogP contribution in [-0.2, 0) is 11.3 Å². The fraction of sp³-hybridized carbons (Fsp3) is 0.636. The first kappa shape index (κ1) is 14.9. The first-order valence-corrected chi connectivity index (χ1v) is 5.96. The number of carbonyl (C=O) groups is 1. The van der Waals surface area contributed by atoms with Crippen molar-refractivity contribution in [1.82, 2.24) is 20.1 Å². The fourth-order valence-corrected chi connectivity index (χ4v) is 1.72. The van der Waals surface area contributed by atoms with Crippen LogP contribution in [0.15, 0.2) is 5.16 Å². The van der Waals surface area contributed by atoms with Crippen LogP contribution < -0.4 is 5.73 Å². The number of hydrogen-bond acceptors (Lipinski definition) is 5. The lowest BCUT2D eigenvalue weighted by molar-refractivity contribution is -0.137. The van der Waals surface area contributed by atoms with Gasteiger partial charge >= 0.3 is 0 Å². The van der Waals surface area contributed by atoms with Crippen molar-refractivity contribution < 1.29 is 10.0 Å². The van der Waals surface area contributed by atoms with Gasteiger partial charge in [-0.25, -0.2) is 4.98 Å². The smallest absolute Gasteiger partial charge is 0.236 e. The molecule has 1 atom stereocenters. The number of carbonyl (C=O) groups excluding carboxylic acids is 1. The molecule has 1 aromatic heterocycles. The van der Waals surface area contributed by atoms with Crippen molar-refractivity contribution in [2.24, 2.45) is 16.3 Å². The molecule has 0 radical (unpaired) electrons. The van der Waals surface area contributed by atoms with E-state index in [-0.39, 0.29) is 18.3 Å². The molecule has 0 aliphatic carbocycles. The number of oxime groups is 1. The highest BCUT2D eigenvalue weighted by Gasteiger charge is 2.38. The van der Waals surface area contributed by atoms with E-state index in [4.69, 9.17) is 10.9 Å². The normalized spacial score (nSPS) is 15.1. The summed E-state index contributed by atoms with van der Waals surface area (Å²) in [6.07, 6.45) is 0.430. The van der Waals surface area contributed by atoms with Crippen LogP contribution in [0.4, 0.5) is 0 Å². The van der Waals surface area contributed by atoms with E-state index < -0.39 is 5.41 Å². The number of aromatic nitrogens is 3. The molecule has 0 aliphatic heterocycles. The number of amides is 1. The van der Waals surface area contributed by atoms with Crippen molar-refractivity contribution in [3.05, 3.63) is 11.6 Å². The molecule has 0 aliphatic rings. The van der Waals surface area contributed by atoms with Gasteiger partial charge in [0.15, 0.2) is 11.7 Å². The number of hydrogen-bond donors (Lipinski definition) is 3. The van der Waals surface area contributed by atoms with E-state index in [1.165, 1.54) is 4.90 Å². The molecule has 0 fully saturated rings. The zero-order chi connectivity index (χ0) is 14.6. The highest BCUT2D eigenvalue weighted by molar-refractivity contribution is 6.06. The Hall–Kier alpha value is -2.12. The first-order chi connectivity index (χ1) is 8.85. The predicted molar refractivity (Wildman–Crippen MR) is 69.4 cm³/mol.